The Labute approximate surface area is 514 Å². The highest BCUT2D eigenvalue weighted by Gasteiger charge is 2.36. The summed E-state index contributed by atoms with van der Waals surface area (Å²) in [6.45, 7) is 0. The lowest BCUT2D eigenvalue weighted by molar-refractivity contribution is 1.03. The minimum Gasteiger partial charge on any atom is -0.309 e. The normalized spacial score (nSPS) is 11.8. The summed E-state index contributed by atoms with van der Waals surface area (Å²) in [5.74, 6) is 1.27. The van der Waals surface area contributed by atoms with Crippen molar-refractivity contribution in [3.05, 3.63) is 291 Å². The summed E-state index contributed by atoms with van der Waals surface area (Å²) in [5.41, 5.74) is 18.9. The molecule has 90 heavy (non-hydrogen) atoms. The first kappa shape index (κ1) is 50.7. The minimum absolute atomic E-state index is 0.345. The molecule has 0 N–H and O–H groups in total. The number of benzene rings is 10. The highest BCUT2D eigenvalue weighted by molar-refractivity contribution is 6.15. The van der Waals surface area contributed by atoms with Gasteiger partial charge in [0.1, 0.15) is 6.07 Å². The second-order valence-corrected chi connectivity index (χ2v) is 22.5. The maximum Gasteiger partial charge on any atom is 0.168 e. The summed E-state index contributed by atoms with van der Waals surface area (Å²) in [6, 6.07) is 95.1. The van der Waals surface area contributed by atoms with Crippen LogP contribution in [0, 0.1) is 11.3 Å². The van der Waals surface area contributed by atoms with Crippen molar-refractivity contribution in [3.8, 4) is 85.2 Å². The van der Waals surface area contributed by atoms with Gasteiger partial charge < -0.3 is 18.3 Å². The fraction of sp³-hybridized carbons (Fsp3) is 0. The first-order valence-corrected chi connectivity index (χ1v) is 29.9. The lowest BCUT2D eigenvalue weighted by atomic mass is 9.90. The van der Waals surface area contributed by atoms with E-state index in [2.05, 4.69) is 200 Å². The second kappa shape index (κ2) is 20.2. The van der Waals surface area contributed by atoms with Crippen molar-refractivity contribution in [2.45, 2.75) is 0 Å². The number of nitriles is 1. The van der Waals surface area contributed by atoms with Gasteiger partial charge in [0.15, 0.2) is 17.5 Å². The molecule has 8 aromatic heterocycles. The Balaban J connectivity index is 1.06. The third-order valence-corrected chi connectivity index (χ3v) is 17.6. The number of rotatable bonds is 9. The summed E-state index contributed by atoms with van der Waals surface area (Å²) in [6.07, 6.45) is 5.53. The van der Waals surface area contributed by atoms with Gasteiger partial charge in [0.25, 0.3) is 0 Å². The van der Waals surface area contributed by atoms with Gasteiger partial charge in [-0.1, -0.05) is 182 Å². The molecule has 0 radical (unpaired) electrons. The van der Waals surface area contributed by atoms with Gasteiger partial charge in [0, 0.05) is 67.9 Å². The standard InChI is InChI=1S/C79H47N11/c80-48-60-69(50-38-41-54(42-39-50)87-61-31-14-10-27-55(61)59-47-53(40-43-65(59)87)49-21-4-1-5-22-49)75(89-63-33-16-12-29-57(63)72-67(89)36-19-45-82-72)76(90-64-34-17-13-30-58(64)73-68(90)37-20-46-83-73)70(74(60)88-62-32-15-11-28-56(62)71-66(88)35-18-44-81-71)79-85-77(51-23-6-2-7-24-51)84-78(86-79)52-25-8-3-9-26-52/h1-47H. The maximum absolute atomic E-state index is 12.9. The summed E-state index contributed by atoms with van der Waals surface area (Å²) in [7, 11) is 0. The summed E-state index contributed by atoms with van der Waals surface area (Å²) in [5, 5.41) is 18.0. The molecule has 10 aromatic carbocycles. The van der Waals surface area contributed by atoms with Crippen LogP contribution in [0.25, 0.3) is 167 Å². The number of para-hydroxylation sites is 4. The third kappa shape index (κ3) is 7.65. The molecule has 11 heteroatoms. The van der Waals surface area contributed by atoms with Crippen molar-refractivity contribution in [3.63, 3.8) is 0 Å². The summed E-state index contributed by atoms with van der Waals surface area (Å²) in [4.78, 5) is 32.1. The predicted molar refractivity (Wildman–Crippen MR) is 362 cm³/mol. The van der Waals surface area contributed by atoms with E-state index in [4.69, 9.17) is 29.9 Å². The smallest absolute Gasteiger partial charge is 0.168 e. The Hall–Kier alpha value is -12.7. The molecule has 0 saturated heterocycles. The van der Waals surface area contributed by atoms with E-state index in [0.717, 1.165) is 121 Å². The van der Waals surface area contributed by atoms with Gasteiger partial charge in [-0.3, -0.25) is 15.0 Å². The lowest BCUT2D eigenvalue weighted by Crippen LogP contribution is -2.15. The summed E-state index contributed by atoms with van der Waals surface area (Å²) < 4.78 is 9.19. The van der Waals surface area contributed by atoms with Gasteiger partial charge >= 0.3 is 0 Å². The Morgan fingerprint density at radius 1 is 0.267 bits per heavy atom. The van der Waals surface area contributed by atoms with E-state index in [1.165, 1.54) is 0 Å². The van der Waals surface area contributed by atoms with Gasteiger partial charge in [-0.05, 0) is 102 Å². The lowest BCUT2D eigenvalue weighted by Gasteiger charge is -2.28. The first-order chi connectivity index (χ1) is 44.7. The largest absolute Gasteiger partial charge is 0.309 e. The van der Waals surface area contributed by atoms with Gasteiger partial charge in [0.2, 0.25) is 0 Å². The number of aromatic nitrogens is 10. The zero-order valence-corrected chi connectivity index (χ0v) is 48.1. The van der Waals surface area contributed by atoms with E-state index in [1.807, 2.05) is 110 Å². The molecule has 418 valence electrons. The molecule has 0 spiro atoms. The first-order valence-electron chi connectivity index (χ1n) is 29.9. The Kier molecular flexibility index (Phi) is 11.4. The summed E-state index contributed by atoms with van der Waals surface area (Å²) >= 11 is 0. The van der Waals surface area contributed by atoms with E-state index < -0.39 is 0 Å². The number of fused-ring (bicyclic) bond motifs is 12. The molecule has 0 aliphatic heterocycles. The van der Waals surface area contributed by atoms with Crippen LogP contribution in [0.1, 0.15) is 5.56 Å². The van der Waals surface area contributed by atoms with Crippen LogP contribution in [0.4, 0.5) is 0 Å². The molecule has 0 aliphatic carbocycles. The van der Waals surface area contributed by atoms with E-state index in [9.17, 15) is 5.26 Å². The Morgan fingerprint density at radius 3 is 1.13 bits per heavy atom. The average Bonchev–Trinajstić information content (AvgIpc) is 1.47. The van der Waals surface area contributed by atoms with Gasteiger partial charge in [-0.2, -0.15) is 5.26 Å². The van der Waals surface area contributed by atoms with Crippen LogP contribution in [-0.4, -0.2) is 48.2 Å². The van der Waals surface area contributed by atoms with Crippen molar-refractivity contribution < 1.29 is 0 Å². The number of hydrogen-bond acceptors (Lipinski definition) is 7. The third-order valence-electron chi connectivity index (χ3n) is 17.6. The SMILES string of the molecule is N#Cc1c(-c2ccc(-n3c4ccccc4c4cc(-c5ccccc5)ccc43)cc2)c(-n2c3ccccc3c3ncccc32)c(-n2c3ccccc3c3ncccc32)c(-c2nc(-c3ccccc3)nc(-c3ccccc3)n2)c1-n1c2ccccc2c2ncccc21. The number of pyridine rings is 3. The predicted octanol–water partition coefficient (Wildman–Crippen LogP) is 18.7. The van der Waals surface area contributed by atoms with Crippen LogP contribution in [0.5, 0.6) is 0 Å². The Morgan fingerprint density at radius 2 is 0.644 bits per heavy atom. The highest BCUT2D eigenvalue weighted by atomic mass is 15.1. The van der Waals surface area contributed by atoms with Crippen LogP contribution in [0.3, 0.4) is 0 Å². The molecule has 18 rings (SSSR count). The molecular formula is C79H47N11. The van der Waals surface area contributed by atoms with Crippen LogP contribution in [0.15, 0.2) is 286 Å². The monoisotopic (exact) mass is 1150 g/mol. The average molecular weight is 1150 g/mol. The number of hydrogen-bond donors (Lipinski definition) is 0. The fourth-order valence-electron chi connectivity index (χ4n) is 13.8. The van der Waals surface area contributed by atoms with Crippen molar-refractivity contribution in [2.24, 2.45) is 0 Å². The quantitative estimate of drug-likeness (QED) is 0.141. The molecule has 0 atom stereocenters. The maximum atomic E-state index is 12.9. The number of nitrogens with zero attached hydrogens (tertiary/aromatic N) is 11. The molecule has 8 heterocycles. The zero-order chi connectivity index (χ0) is 59.4. The van der Waals surface area contributed by atoms with Crippen molar-refractivity contribution in [2.75, 3.05) is 0 Å². The second-order valence-electron chi connectivity index (χ2n) is 22.5. The van der Waals surface area contributed by atoms with E-state index >= 15 is 0 Å². The fourth-order valence-corrected chi connectivity index (χ4v) is 13.8. The van der Waals surface area contributed by atoms with Crippen LogP contribution >= 0.6 is 0 Å². The molecule has 0 fully saturated rings. The highest BCUT2D eigenvalue weighted by Crippen LogP contribution is 2.52. The minimum atomic E-state index is 0.345. The van der Waals surface area contributed by atoms with Crippen molar-refractivity contribution in [1.29, 1.82) is 5.26 Å². The molecule has 11 nitrogen and oxygen atoms in total. The van der Waals surface area contributed by atoms with Crippen molar-refractivity contribution in [1.82, 2.24) is 48.2 Å². The van der Waals surface area contributed by atoms with Crippen molar-refractivity contribution >= 4 is 87.6 Å². The van der Waals surface area contributed by atoms with Gasteiger partial charge in [-0.15, -0.1) is 0 Å². The van der Waals surface area contributed by atoms with Crippen LogP contribution in [-0.2, 0) is 0 Å². The molecule has 0 aliphatic rings. The molecule has 0 amide bonds. The molecule has 0 saturated carbocycles. The van der Waals surface area contributed by atoms with Crippen LogP contribution in [0.2, 0.25) is 0 Å². The molecular weight excluding hydrogens is 1100 g/mol. The molecule has 18 aromatic rings. The zero-order valence-electron chi connectivity index (χ0n) is 48.1. The topological polar surface area (TPSA) is 121 Å². The van der Waals surface area contributed by atoms with Gasteiger partial charge in [-0.25, -0.2) is 15.0 Å². The van der Waals surface area contributed by atoms with E-state index in [-0.39, 0.29) is 0 Å². The van der Waals surface area contributed by atoms with E-state index in [1.54, 1.807) is 0 Å². The Bertz CT molecular complexity index is 5760. The molecule has 0 unspecified atom stereocenters. The van der Waals surface area contributed by atoms with E-state index in [0.29, 0.717) is 51.2 Å². The van der Waals surface area contributed by atoms with Gasteiger partial charge in [0.05, 0.1) is 88.9 Å². The molecule has 0 bridgehead atoms. The van der Waals surface area contributed by atoms with Crippen LogP contribution < -0.4 is 0 Å².